The first-order valence-corrected chi connectivity index (χ1v) is 8.30. The normalized spacial score (nSPS) is 18.2. The van der Waals surface area contributed by atoms with Crippen LogP contribution in [0.25, 0.3) is 0 Å². The highest BCUT2D eigenvalue weighted by Gasteiger charge is 2.31. The van der Waals surface area contributed by atoms with E-state index in [0.717, 1.165) is 0 Å². The van der Waals surface area contributed by atoms with Crippen LogP contribution in [-0.2, 0) is 10.0 Å². The standard InChI is InChI=1S/C12H16N4O5S/c13-22(20,21)8-11-5-2-6-15(11)12(17)14-9-3-1-4-10(7-9)16(18)19/h1,3-4,7,11H,2,5-6,8H2,(H,14,17)(H2,13,20,21)/t11-/m1/s1. The van der Waals surface area contributed by atoms with E-state index < -0.39 is 27.0 Å². The summed E-state index contributed by atoms with van der Waals surface area (Å²) in [7, 11) is -3.68. The number of hydrogen-bond donors (Lipinski definition) is 2. The largest absolute Gasteiger partial charge is 0.322 e. The molecule has 1 aliphatic rings. The number of urea groups is 1. The number of nitrogens with one attached hydrogen (secondary N) is 1. The van der Waals surface area contributed by atoms with Crippen LogP contribution in [0, 0.1) is 10.1 Å². The maximum Gasteiger partial charge on any atom is 0.322 e. The molecule has 0 radical (unpaired) electrons. The molecule has 1 aromatic carbocycles. The van der Waals surface area contributed by atoms with Crippen LogP contribution in [0.1, 0.15) is 12.8 Å². The van der Waals surface area contributed by atoms with Gasteiger partial charge in [0.15, 0.2) is 0 Å². The minimum Gasteiger partial charge on any atom is -0.320 e. The molecular weight excluding hydrogens is 312 g/mol. The predicted octanol–water partition coefficient (Wildman–Crippen LogP) is 0.880. The Bertz CT molecular complexity index is 691. The van der Waals surface area contributed by atoms with Gasteiger partial charge in [-0.2, -0.15) is 0 Å². The molecular formula is C12H16N4O5S. The van der Waals surface area contributed by atoms with Crippen LogP contribution in [-0.4, -0.2) is 42.6 Å². The maximum atomic E-state index is 12.2. The van der Waals surface area contributed by atoms with Gasteiger partial charge in [0.1, 0.15) is 0 Å². The monoisotopic (exact) mass is 328 g/mol. The zero-order valence-corrected chi connectivity index (χ0v) is 12.5. The molecule has 0 bridgehead atoms. The van der Waals surface area contributed by atoms with Crippen molar-refractivity contribution in [2.75, 3.05) is 17.6 Å². The number of nitrogens with two attached hydrogens (primary N) is 1. The smallest absolute Gasteiger partial charge is 0.320 e. The van der Waals surface area contributed by atoms with E-state index in [1.165, 1.54) is 29.2 Å². The van der Waals surface area contributed by atoms with Gasteiger partial charge in [-0.25, -0.2) is 18.4 Å². The lowest BCUT2D eigenvalue weighted by atomic mass is 10.2. The van der Waals surface area contributed by atoms with E-state index in [4.69, 9.17) is 5.14 Å². The molecule has 0 aromatic heterocycles. The van der Waals surface area contributed by atoms with Crippen LogP contribution in [0.5, 0.6) is 0 Å². The van der Waals surface area contributed by atoms with Crippen LogP contribution in [0.15, 0.2) is 24.3 Å². The van der Waals surface area contributed by atoms with Gasteiger partial charge >= 0.3 is 6.03 Å². The summed E-state index contributed by atoms with van der Waals surface area (Å²) in [4.78, 5) is 23.7. The zero-order valence-electron chi connectivity index (χ0n) is 11.6. The number of anilines is 1. The Morgan fingerprint density at radius 1 is 1.50 bits per heavy atom. The molecule has 22 heavy (non-hydrogen) atoms. The lowest BCUT2D eigenvalue weighted by molar-refractivity contribution is -0.384. The van der Waals surface area contributed by atoms with E-state index in [-0.39, 0.29) is 17.1 Å². The first kappa shape index (κ1) is 16.2. The third-order valence-corrected chi connectivity index (χ3v) is 4.22. The van der Waals surface area contributed by atoms with Crippen LogP contribution in [0.2, 0.25) is 0 Å². The number of rotatable bonds is 4. The molecule has 0 saturated carbocycles. The topological polar surface area (TPSA) is 136 Å². The van der Waals surface area contributed by atoms with Gasteiger partial charge in [-0.3, -0.25) is 10.1 Å². The Morgan fingerprint density at radius 3 is 2.86 bits per heavy atom. The van der Waals surface area contributed by atoms with Gasteiger partial charge in [-0.1, -0.05) is 6.07 Å². The van der Waals surface area contributed by atoms with Crippen LogP contribution >= 0.6 is 0 Å². The fourth-order valence-corrected chi connectivity index (χ4v) is 3.32. The quantitative estimate of drug-likeness (QED) is 0.624. The fraction of sp³-hybridized carbons (Fsp3) is 0.417. The van der Waals surface area contributed by atoms with Crippen molar-refractivity contribution in [3.8, 4) is 0 Å². The van der Waals surface area contributed by atoms with E-state index in [2.05, 4.69) is 5.32 Å². The molecule has 2 amide bonds. The summed E-state index contributed by atoms with van der Waals surface area (Å²) in [5.41, 5.74) is 0.140. The number of non-ortho nitro benzene ring substituents is 1. The molecule has 2 rings (SSSR count). The number of carbonyl (C=O) groups is 1. The number of likely N-dealkylation sites (tertiary alicyclic amines) is 1. The second kappa shape index (κ2) is 6.28. The molecule has 0 spiro atoms. The highest BCUT2D eigenvalue weighted by molar-refractivity contribution is 7.89. The SMILES string of the molecule is NS(=O)(=O)C[C@H]1CCCN1C(=O)Nc1cccc([N+](=O)[O-])c1. The molecule has 1 saturated heterocycles. The Kier molecular flexibility index (Phi) is 4.62. The van der Waals surface area contributed by atoms with Gasteiger partial charge < -0.3 is 10.2 Å². The molecule has 3 N–H and O–H groups in total. The Hall–Kier alpha value is -2.20. The van der Waals surface area contributed by atoms with Gasteiger partial charge in [0.25, 0.3) is 5.69 Å². The lowest BCUT2D eigenvalue weighted by Gasteiger charge is -2.24. The number of nitrogens with zero attached hydrogens (tertiary/aromatic N) is 2. The third-order valence-electron chi connectivity index (χ3n) is 3.37. The minimum atomic E-state index is -3.68. The number of hydrogen-bond acceptors (Lipinski definition) is 5. The van der Waals surface area contributed by atoms with Crippen LogP contribution < -0.4 is 10.5 Å². The summed E-state index contributed by atoms with van der Waals surface area (Å²) in [5, 5.41) is 18.3. The third kappa shape index (κ3) is 4.15. The summed E-state index contributed by atoms with van der Waals surface area (Å²) in [6.45, 7) is 0.418. The van der Waals surface area contributed by atoms with Gasteiger partial charge in [0.2, 0.25) is 10.0 Å². The first-order valence-electron chi connectivity index (χ1n) is 6.59. The van der Waals surface area contributed by atoms with Crippen molar-refractivity contribution in [2.24, 2.45) is 5.14 Å². The predicted molar refractivity (Wildman–Crippen MR) is 79.8 cm³/mol. The molecule has 1 atom stereocenters. The van der Waals surface area contributed by atoms with Crippen LogP contribution in [0.4, 0.5) is 16.2 Å². The average molecular weight is 328 g/mol. The second-order valence-corrected chi connectivity index (χ2v) is 6.72. The van der Waals surface area contributed by atoms with E-state index in [0.29, 0.717) is 19.4 Å². The van der Waals surface area contributed by atoms with Gasteiger partial charge in [0, 0.05) is 30.4 Å². The number of carbonyl (C=O) groups excluding carboxylic acids is 1. The molecule has 120 valence electrons. The number of amides is 2. The van der Waals surface area contributed by atoms with Crippen molar-refractivity contribution in [1.29, 1.82) is 0 Å². The highest BCUT2D eigenvalue weighted by atomic mass is 32.2. The number of benzene rings is 1. The van der Waals surface area contributed by atoms with E-state index in [1.54, 1.807) is 0 Å². The Morgan fingerprint density at radius 2 is 2.23 bits per heavy atom. The summed E-state index contributed by atoms with van der Waals surface area (Å²) < 4.78 is 22.4. The summed E-state index contributed by atoms with van der Waals surface area (Å²) in [6.07, 6.45) is 1.24. The second-order valence-electron chi connectivity index (χ2n) is 5.06. The molecule has 1 aliphatic heterocycles. The summed E-state index contributed by atoms with van der Waals surface area (Å²) >= 11 is 0. The molecule has 0 unspecified atom stereocenters. The number of nitro benzene ring substituents is 1. The van der Waals surface area contributed by atoms with Crippen molar-refractivity contribution >= 4 is 27.4 Å². The maximum absolute atomic E-state index is 12.2. The Balaban J connectivity index is 2.08. The van der Waals surface area contributed by atoms with Crippen molar-refractivity contribution in [1.82, 2.24) is 4.90 Å². The van der Waals surface area contributed by atoms with E-state index in [9.17, 15) is 23.3 Å². The van der Waals surface area contributed by atoms with Gasteiger partial charge in [-0.05, 0) is 18.9 Å². The fourth-order valence-electron chi connectivity index (χ4n) is 2.44. The van der Waals surface area contributed by atoms with Crippen molar-refractivity contribution < 1.29 is 18.1 Å². The molecule has 1 heterocycles. The first-order chi connectivity index (χ1) is 10.3. The summed E-state index contributed by atoms with van der Waals surface area (Å²) in [6, 6.07) is 4.56. The molecule has 1 aromatic rings. The molecule has 0 aliphatic carbocycles. The lowest BCUT2D eigenvalue weighted by Crippen LogP contribution is -2.43. The minimum absolute atomic E-state index is 0.139. The van der Waals surface area contributed by atoms with Crippen molar-refractivity contribution in [3.05, 3.63) is 34.4 Å². The Labute approximate surface area is 127 Å². The molecule has 10 heteroatoms. The van der Waals surface area contributed by atoms with Crippen LogP contribution in [0.3, 0.4) is 0 Å². The zero-order chi connectivity index (χ0) is 16.3. The number of sulfonamides is 1. The number of nitro groups is 1. The van der Waals surface area contributed by atoms with E-state index >= 15 is 0 Å². The van der Waals surface area contributed by atoms with E-state index in [1.807, 2.05) is 0 Å². The number of primary sulfonamides is 1. The highest BCUT2D eigenvalue weighted by Crippen LogP contribution is 2.21. The molecule has 1 fully saturated rings. The molecule has 9 nitrogen and oxygen atoms in total. The van der Waals surface area contributed by atoms with Crippen molar-refractivity contribution in [3.63, 3.8) is 0 Å². The van der Waals surface area contributed by atoms with Gasteiger partial charge in [-0.15, -0.1) is 0 Å². The van der Waals surface area contributed by atoms with Crippen molar-refractivity contribution in [2.45, 2.75) is 18.9 Å². The van der Waals surface area contributed by atoms with Gasteiger partial charge in [0.05, 0.1) is 10.7 Å². The summed E-state index contributed by atoms with van der Waals surface area (Å²) in [5.74, 6) is -0.296. The average Bonchev–Trinajstić information content (AvgIpc) is 2.84.